The average molecular weight is 493 g/mol. The first kappa shape index (κ1) is 22.9. The molecule has 0 saturated carbocycles. The van der Waals surface area contributed by atoms with Crippen LogP contribution in [0.25, 0.3) is 21.5 Å². The van der Waals surface area contributed by atoms with Gasteiger partial charge < -0.3 is 15.0 Å². The van der Waals surface area contributed by atoms with Crippen LogP contribution in [-0.4, -0.2) is 62.3 Å². The minimum Gasteiger partial charge on any atom is -0.378 e. The number of amides is 2. The third-order valence-corrected chi connectivity index (χ3v) is 7.24. The molecule has 1 aliphatic rings. The number of morpholine rings is 1. The van der Waals surface area contributed by atoms with Crippen molar-refractivity contribution in [1.29, 1.82) is 0 Å². The molecule has 0 spiro atoms. The number of ether oxygens (including phenoxy) is 1. The summed E-state index contributed by atoms with van der Waals surface area (Å²) in [6.07, 6.45) is 2.77. The minimum atomic E-state index is -0.422. The van der Waals surface area contributed by atoms with Gasteiger partial charge in [0.2, 0.25) is 5.91 Å². The van der Waals surface area contributed by atoms with E-state index >= 15 is 0 Å². The molecule has 3 aromatic heterocycles. The molecule has 4 heterocycles. The number of carbonyl (C=O) groups is 2. The number of hydrogen-bond donors (Lipinski definition) is 1. The van der Waals surface area contributed by atoms with Gasteiger partial charge in [0.15, 0.2) is 5.65 Å². The second kappa shape index (κ2) is 9.43. The highest BCUT2D eigenvalue weighted by atomic mass is 32.1. The van der Waals surface area contributed by atoms with Crippen LogP contribution in [0.2, 0.25) is 0 Å². The lowest BCUT2D eigenvalue weighted by atomic mass is 10.1. The Morgan fingerprint density at radius 2 is 1.91 bits per heavy atom. The SMILES string of the molecule is Cc1c(-c2ccccc2)sc(NC(=O)Cn2cnc3c(cnn3C)c2=O)c1C(=O)N1CCOCC1. The summed E-state index contributed by atoms with van der Waals surface area (Å²) in [6.45, 7) is 3.61. The molecule has 0 unspecified atom stereocenters. The van der Waals surface area contributed by atoms with Crippen molar-refractivity contribution in [3.63, 3.8) is 0 Å². The molecule has 0 radical (unpaired) electrons. The van der Waals surface area contributed by atoms with Gasteiger partial charge in [-0.2, -0.15) is 5.10 Å². The molecule has 1 N–H and O–H groups in total. The zero-order chi connectivity index (χ0) is 24.5. The largest absolute Gasteiger partial charge is 0.378 e. The van der Waals surface area contributed by atoms with Crippen molar-refractivity contribution in [2.75, 3.05) is 31.6 Å². The van der Waals surface area contributed by atoms with E-state index in [1.54, 1.807) is 11.9 Å². The molecule has 1 aromatic carbocycles. The number of aryl methyl sites for hydroxylation is 1. The van der Waals surface area contributed by atoms with Gasteiger partial charge in [-0.25, -0.2) is 4.98 Å². The summed E-state index contributed by atoms with van der Waals surface area (Å²) < 4.78 is 8.13. The Morgan fingerprint density at radius 3 is 2.66 bits per heavy atom. The summed E-state index contributed by atoms with van der Waals surface area (Å²) >= 11 is 1.35. The molecule has 5 rings (SSSR count). The Balaban J connectivity index is 1.47. The highest BCUT2D eigenvalue weighted by Gasteiger charge is 2.28. The minimum absolute atomic E-state index is 0.143. The lowest BCUT2D eigenvalue weighted by molar-refractivity contribution is -0.116. The zero-order valence-electron chi connectivity index (χ0n) is 19.4. The second-order valence-corrected chi connectivity index (χ2v) is 9.28. The highest BCUT2D eigenvalue weighted by molar-refractivity contribution is 7.20. The quantitative estimate of drug-likeness (QED) is 0.458. The predicted molar refractivity (Wildman–Crippen MR) is 133 cm³/mol. The van der Waals surface area contributed by atoms with E-state index in [1.165, 1.54) is 33.1 Å². The van der Waals surface area contributed by atoms with Gasteiger partial charge in [-0.1, -0.05) is 30.3 Å². The van der Waals surface area contributed by atoms with E-state index in [0.29, 0.717) is 47.9 Å². The van der Waals surface area contributed by atoms with Gasteiger partial charge in [-0.05, 0) is 18.1 Å². The summed E-state index contributed by atoms with van der Waals surface area (Å²) in [5.41, 5.74) is 2.34. The van der Waals surface area contributed by atoms with Crippen LogP contribution >= 0.6 is 11.3 Å². The Hall–Kier alpha value is -3.83. The summed E-state index contributed by atoms with van der Waals surface area (Å²) in [5.74, 6) is -0.566. The van der Waals surface area contributed by atoms with E-state index in [4.69, 9.17) is 4.74 Å². The number of nitrogens with zero attached hydrogens (tertiary/aromatic N) is 5. The molecule has 1 fully saturated rings. The maximum atomic E-state index is 13.5. The van der Waals surface area contributed by atoms with Crippen molar-refractivity contribution in [2.24, 2.45) is 7.05 Å². The van der Waals surface area contributed by atoms with E-state index in [-0.39, 0.29) is 18.0 Å². The van der Waals surface area contributed by atoms with Crippen molar-refractivity contribution in [3.8, 4) is 10.4 Å². The van der Waals surface area contributed by atoms with E-state index in [0.717, 1.165) is 16.0 Å². The van der Waals surface area contributed by atoms with Crippen LogP contribution in [0.4, 0.5) is 5.00 Å². The molecule has 1 saturated heterocycles. The first-order valence-electron chi connectivity index (χ1n) is 11.2. The van der Waals surface area contributed by atoms with Gasteiger partial charge in [0.25, 0.3) is 11.5 Å². The van der Waals surface area contributed by atoms with Crippen LogP contribution in [0, 0.1) is 6.92 Å². The fourth-order valence-electron chi connectivity index (χ4n) is 4.15. The molecule has 10 nitrogen and oxygen atoms in total. The summed E-state index contributed by atoms with van der Waals surface area (Å²) in [5, 5.41) is 7.74. The number of fused-ring (bicyclic) bond motifs is 1. The molecule has 2 amide bonds. The molecule has 11 heteroatoms. The van der Waals surface area contributed by atoms with Gasteiger partial charge in [-0.15, -0.1) is 11.3 Å². The Morgan fingerprint density at radius 1 is 1.17 bits per heavy atom. The normalized spacial score (nSPS) is 13.8. The van der Waals surface area contributed by atoms with E-state index in [9.17, 15) is 14.4 Å². The first-order valence-corrected chi connectivity index (χ1v) is 12.0. The van der Waals surface area contributed by atoms with Gasteiger partial charge in [-0.3, -0.25) is 23.6 Å². The van der Waals surface area contributed by atoms with Crippen LogP contribution in [0.3, 0.4) is 0 Å². The molecular formula is C24H24N6O4S. The lowest BCUT2D eigenvalue weighted by Crippen LogP contribution is -2.41. The number of carbonyl (C=O) groups excluding carboxylic acids is 2. The monoisotopic (exact) mass is 492 g/mol. The molecular weight excluding hydrogens is 468 g/mol. The fraction of sp³-hybridized carbons (Fsp3) is 0.292. The molecule has 4 aromatic rings. The van der Waals surface area contributed by atoms with Gasteiger partial charge >= 0.3 is 0 Å². The van der Waals surface area contributed by atoms with Crippen molar-refractivity contribution < 1.29 is 14.3 Å². The fourth-order valence-corrected chi connectivity index (χ4v) is 5.37. The van der Waals surface area contributed by atoms with Crippen LogP contribution < -0.4 is 10.9 Å². The number of aromatic nitrogens is 4. The Bertz CT molecular complexity index is 1470. The number of hydrogen-bond acceptors (Lipinski definition) is 7. The van der Waals surface area contributed by atoms with E-state index < -0.39 is 5.91 Å². The average Bonchev–Trinajstić information content (AvgIpc) is 3.41. The third kappa shape index (κ3) is 4.35. The summed E-state index contributed by atoms with van der Waals surface area (Å²) in [6, 6.07) is 9.75. The smallest absolute Gasteiger partial charge is 0.264 e. The highest BCUT2D eigenvalue weighted by Crippen LogP contribution is 2.40. The van der Waals surface area contributed by atoms with Crippen LogP contribution in [0.5, 0.6) is 0 Å². The Labute approximate surface area is 204 Å². The second-order valence-electron chi connectivity index (χ2n) is 8.26. The molecule has 0 aliphatic carbocycles. The van der Waals surface area contributed by atoms with Crippen molar-refractivity contribution in [2.45, 2.75) is 13.5 Å². The third-order valence-electron chi connectivity index (χ3n) is 5.98. The maximum Gasteiger partial charge on any atom is 0.264 e. The van der Waals surface area contributed by atoms with Crippen LogP contribution in [0.1, 0.15) is 15.9 Å². The number of anilines is 1. The summed E-state index contributed by atoms with van der Waals surface area (Å²) in [4.78, 5) is 46.2. The molecule has 0 atom stereocenters. The van der Waals surface area contributed by atoms with E-state index in [2.05, 4.69) is 15.4 Å². The molecule has 0 bridgehead atoms. The molecule has 35 heavy (non-hydrogen) atoms. The van der Waals surface area contributed by atoms with Crippen molar-refractivity contribution in [3.05, 3.63) is 64.3 Å². The molecule has 1 aliphatic heterocycles. The number of benzene rings is 1. The standard InChI is InChI=1S/C24H24N6O4S/c1-15-19(24(33)29-8-10-34-11-9-29)22(35-20(15)16-6-4-3-5-7-16)27-18(31)13-30-14-25-21-17(23(30)32)12-26-28(21)2/h3-7,12,14H,8-11,13H2,1-2H3,(H,27,31). The van der Waals surface area contributed by atoms with E-state index in [1.807, 2.05) is 37.3 Å². The number of nitrogens with one attached hydrogen (secondary N) is 1. The van der Waals surface area contributed by atoms with Crippen LogP contribution in [0.15, 0.2) is 47.7 Å². The van der Waals surface area contributed by atoms with Gasteiger partial charge in [0.05, 0.1) is 25.0 Å². The predicted octanol–water partition coefficient (Wildman–Crippen LogP) is 2.28. The number of thiophene rings is 1. The van der Waals surface area contributed by atoms with Crippen molar-refractivity contribution in [1.82, 2.24) is 24.2 Å². The first-order chi connectivity index (χ1) is 16.9. The summed E-state index contributed by atoms with van der Waals surface area (Å²) in [7, 11) is 1.70. The van der Waals surface area contributed by atoms with Gasteiger partial charge in [0.1, 0.15) is 23.3 Å². The van der Waals surface area contributed by atoms with Gasteiger partial charge in [0, 0.05) is 25.0 Å². The maximum absolute atomic E-state index is 13.5. The number of rotatable bonds is 5. The van der Waals surface area contributed by atoms with Crippen molar-refractivity contribution >= 4 is 39.2 Å². The topological polar surface area (TPSA) is 111 Å². The zero-order valence-corrected chi connectivity index (χ0v) is 20.2. The van der Waals surface area contributed by atoms with Crippen LogP contribution in [-0.2, 0) is 23.1 Å². The Kier molecular flexibility index (Phi) is 6.18. The molecule has 180 valence electrons. The lowest BCUT2D eigenvalue weighted by Gasteiger charge is -2.27.